The molecule has 126 valence electrons. The van der Waals surface area contributed by atoms with Crippen molar-refractivity contribution in [1.29, 1.82) is 0 Å². The molecule has 2 N–H and O–H groups in total. The number of aryl methyl sites for hydroxylation is 1. The van der Waals surface area contributed by atoms with Gasteiger partial charge in [0, 0.05) is 36.3 Å². The fraction of sp³-hybridized carbons (Fsp3) is 0.111. The number of nitrogens with zero attached hydrogens (tertiary/aromatic N) is 5. The van der Waals surface area contributed by atoms with Crippen molar-refractivity contribution in [3.63, 3.8) is 0 Å². The molecular formula is C18H17ClN6. The van der Waals surface area contributed by atoms with Crippen molar-refractivity contribution in [2.45, 2.75) is 13.5 Å². The van der Waals surface area contributed by atoms with Crippen molar-refractivity contribution in [1.82, 2.24) is 24.6 Å². The predicted octanol–water partition coefficient (Wildman–Crippen LogP) is 3.04. The topological polar surface area (TPSA) is 82.0 Å². The summed E-state index contributed by atoms with van der Waals surface area (Å²) in [5, 5.41) is 4.30. The maximum absolute atomic E-state index is 5.75. The maximum atomic E-state index is 5.75. The molecule has 0 bridgehead atoms. The first kappa shape index (κ1) is 17.0. The molecule has 7 heteroatoms. The maximum Gasteiger partial charge on any atom is 0.160 e. The van der Waals surface area contributed by atoms with E-state index in [-0.39, 0.29) is 12.4 Å². The quantitative estimate of drug-likeness (QED) is 0.612. The van der Waals surface area contributed by atoms with Crippen LogP contribution in [0.25, 0.3) is 28.2 Å². The van der Waals surface area contributed by atoms with Gasteiger partial charge in [-0.2, -0.15) is 5.10 Å². The van der Waals surface area contributed by atoms with Gasteiger partial charge in [-0.3, -0.25) is 0 Å². The molecule has 25 heavy (non-hydrogen) atoms. The number of fused-ring (bicyclic) bond motifs is 1. The highest BCUT2D eigenvalue weighted by Gasteiger charge is 2.12. The van der Waals surface area contributed by atoms with Crippen LogP contribution in [0, 0.1) is 6.92 Å². The Balaban J connectivity index is 0.00000182. The van der Waals surface area contributed by atoms with E-state index in [1.54, 1.807) is 29.3 Å². The number of nitrogens with two attached hydrogens (primary N) is 1. The van der Waals surface area contributed by atoms with Crippen LogP contribution in [0.3, 0.4) is 0 Å². The third kappa shape index (κ3) is 3.09. The lowest BCUT2D eigenvalue weighted by atomic mass is 10.0. The molecular weight excluding hydrogens is 336 g/mol. The first-order chi connectivity index (χ1) is 11.8. The van der Waals surface area contributed by atoms with E-state index >= 15 is 0 Å². The zero-order chi connectivity index (χ0) is 16.5. The molecule has 3 aromatic heterocycles. The van der Waals surface area contributed by atoms with Gasteiger partial charge in [0.05, 0.1) is 11.2 Å². The van der Waals surface area contributed by atoms with Crippen molar-refractivity contribution in [3.8, 4) is 22.6 Å². The van der Waals surface area contributed by atoms with Gasteiger partial charge in [0.2, 0.25) is 0 Å². The Morgan fingerprint density at radius 1 is 1.04 bits per heavy atom. The van der Waals surface area contributed by atoms with Crippen molar-refractivity contribution < 1.29 is 0 Å². The first-order valence-electron chi connectivity index (χ1n) is 7.67. The minimum Gasteiger partial charge on any atom is -0.326 e. The molecule has 1 aromatic carbocycles. The molecule has 0 spiro atoms. The van der Waals surface area contributed by atoms with Gasteiger partial charge in [0.25, 0.3) is 0 Å². The highest BCUT2D eigenvalue weighted by Crippen LogP contribution is 2.27. The highest BCUT2D eigenvalue weighted by atomic mass is 35.5. The zero-order valence-corrected chi connectivity index (χ0v) is 14.4. The number of halogens is 1. The number of rotatable bonds is 3. The Kier molecular flexibility index (Phi) is 4.74. The zero-order valence-electron chi connectivity index (χ0n) is 13.6. The highest BCUT2D eigenvalue weighted by molar-refractivity contribution is 5.85. The van der Waals surface area contributed by atoms with Gasteiger partial charge in [-0.05, 0) is 36.2 Å². The molecule has 0 aliphatic carbocycles. The van der Waals surface area contributed by atoms with E-state index in [9.17, 15) is 0 Å². The molecule has 0 aliphatic rings. The van der Waals surface area contributed by atoms with E-state index in [2.05, 4.69) is 33.0 Å². The van der Waals surface area contributed by atoms with E-state index < -0.39 is 0 Å². The van der Waals surface area contributed by atoms with Crippen molar-refractivity contribution >= 4 is 17.9 Å². The minimum absolute atomic E-state index is 0. The number of hydrogen-bond acceptors (Lipinski definition) is 5. The Bertz CT molecular complexity index is 1010. The van der Waals surface area contributed by atoms with E-state index in [4.69, 9.17) is 5.73 Å². The van der Waals surface area contributed by atoms with Gasteiger partial charge >= 0.3 is 0 Å². The SMILES string of the molecule is Cc1cc(-c2ncnn3cc(-c4ncccn4)cc23)ccc1CN.Cl. The van der Waals surface area contributed by atoms with Crippen LogP contribution < -0.4 is 5.73 Å². The molecule has 0 atom stereocenters. The van der Waals surface area contributed by atoms with Gasteiger partial charge in [0.1, 0.15) is 6.33 Å². The molecule has 6 nitrogen and oxygen atoms in total. The molecule has 4 rings (SSSR count). The summed E-state index contributed by atoms with van der Waals surface area (Å²) < 4.78 is 1.81. The fourth-order valence-electron chi connectivity index (χ4n) is 2.79. The molecule has 0 aliphatic heterocycles. The van der Waals surface area contributed by atoms with Crippen LogP contribution in [0.15, 0.2) is 55.2 Å². The molecule has 0 saturated carbocycles. The van der Waals surface area contributed by atoms with Crippen molar-refractivity contribution in [3.05, 3.63) is 66.4 Å². The van der Waals surface area contributed by atoms with E-state index in [0.717, 1.165) is 33.5 Å². The molecule has 0 radical (unpaired) electrons. The fourth-order valence-corrected chi connectivity index (χ4v) is 2.79. The van der Waals surface area contributed by atoms with Crippen LogP contribution in [-0.4, -0.2) is 24.6 Å². The Labute approximate surface area is 151 Å². The van der Waals surface area contributed by atoms with Crippen molar-refractivity contribution in [2.24, 2.45) is 5.73 Å². The van der Waals surface area contributed by atoms with Crippen LogP contribution in [0.5, 0.6) is 0 Å². The molecule has 0 saturated heterocycles. The molecule has 0 amide bonds. The van der Waals surface area contributed by atoms with E-state index in [1.807, 2.05) is 24.4 Å². The summed E-state index contributed by atoms with van der Waals surface area (Å²) in [6, 6.07) is 10.0. The number of aromatic nitrogens is 5. The van der Waals surface area contributed by atoms with Crippen LogP contribution in [0.1, 0.15) is 11.1 Å². The third-order valence-corrected chi connectivity index (χ3v) is 4.07. The van der Waals surface area contributed by atoms with Gasteiger partial charge in [-0.25, -0.2) is 19.5 Å². The van der Waals surface area contributed by atoms with E-state index in [1.165, 1.54) is 0 Å². The Morgan fingerprint density at radius 3 is 2.56 bits per heavy atom. The summed E-state index contributed by atoms with van der Waals surface area (Å²) in [6.07, 6.45) is 6.93. The van der Waals surface area contributed by atoms with Crippen LogP contribution >= 0.6 is 12.4 Å². The monoisotopic (exact) mass is 352 g/mol. The third-order valence-electron chi connectivity index (χ3n) is 4.07. The molecule has 0 fully saturated rings. The summed E-state index contributed by atoms with van der Waals surface area (Å²) in [5.41, 5.74) is 11.8. The van der Waals surface area contributed by atoms with Crippen LogP contribution in [0.4, 0.5) is 0 Å². The summed E-state index contributed by atoms with van der Waals surface area (Å²) in [6.45, 7) is 2.59. The average molecular weight is 353 g/mol. The summed E-state index contributed by atoms with van der Waals surface area (Å²) in [7, 11) is 0. The van der Waals surface area contributed by atoms with Gasteiger partial charge < -0.3 is 5.73 Å². The summed E-state index contributed by atoms with van der Waals surface area (Å²) >= 11 is 0. The van der Waals surface area contributed by atoms with Crippen LogP contribution in [-0.2, 0) is 6.54 Å². The predicted molar refractivity (Wildman–Crippen MR) is 99.3 cm³/mol. The Morgan fingerprint density at radius 2 is 1.84 bits per heavy atom. The van der Waals surface area contributed by atoms with E-state index in [0.29, 0.717) is 12.4 Å². The second-order valence-corrected chi connectivity index (χ2v) is 5.59. The molecule has 4 aromatic rings. The van der Waals surface area contributed by atoms with Crippen molar-refractivity contribution in [2.75, 3.05) is 0 Å². The van der Waals surface area contributed by atoms with Gasteiger partial charge in [0.15, 0.2) is 5.82 Å². The smallest absolute Gasteiger partial charge is 0.160 e. The normalized spacial score (nSPS) is 10.6. The lowest BCUT2D eigenvalue weighted by Gasteiger charge is -2.07. The Hall–Kier alpha value is -2.83. The van der Waals surface area contributed by atoms with Gasteiger partial charge in [-0.15, -0.1) is 12.4 Å². The minimum atomic E-state index is 0. The molecule has 0 unspecified atom stereocenters. The number of hydrogen-bond donors (Lipinski definition) is 1. The summed E-state index contributed by atoms with van der Waals surface area (Å²) in [4.78, 5) is 13.1. The summed E-state index contributed by atoms with van der Waals surface area (Å²) in [5.74, 6) is 0.670. The standard InChI is InChI=1S/C18H16N6.ClH/c1-12-7-13(3-4-14(12)9-19)17-16-8-15(10-24(16)23-11-22-17)18-20-5-2-6-21-18;/h2-8,10-11H,9,19H2,1H3;1H. The first-order valence-corrected chi connectivity index (χ1v) is 7.67. The van der Waals surface area contributed by atoms with Crippen LogP contribution in [0.2, 0.25) is 0 Å². The lowest BCUT2D eigenvalue weighted by molar-refractivity contribution is 0.906. The van der Waals surface area contributed by atoms with Gasteiger partial charge in [-0.1, -0.05) is 12.1 Å². The second kappa shape index (κ2) is 6.96. The number of benzene rings is 1. The lowest BCUT2D eigenvalue weighted by Crippen LogP contribution is -2.00. The molecule has 3 heterocycles. The second-order valence-electron chi connectivity index (χ2n) is 5.59. The average Bonchev–Trinajstić information content (AvgIpc) is 3.06. The largest absolute Gasteiger partial charge is 0.326 e.